The number of rotatable bonds is 5. The van der Waals surface area contributed by atoms with Gasteiger partial charge in [-0.05, 0) is 42.5 Å². The van der Waals surface area contributed by atoms with Gasteiger partial charge in [-0.15, -0.1) is 11.3 Å². The first-order chi connectivity index (χ1) is 22.8. The van der Waals surface area contributed by atoms with Gasteiger partial charge in [-0.2, -0.15) is 0 Å². The molecule has 0 spiro atoms. The van der Waals surface area contributed by atoms with E-state index < -0.39 is 0 Å². The van der Waals surface area contributed by atoms with E-state index in [4.69, 9.17) is 15.0 Å². The Bertz CT molecular complexity index is 2460. The van der Waals surface area contributed by atoms with Gasteiger partial charge in [-0.1, -0.05) is 115 Å². The van der Waals surface area contributed by atoms with Crippen molar-refractivity contribution in [1.82, 2.24) is 19.5 Å². The largest absolute Gasteiger partial charge is 0.292 e. The number of benzene rings is 6. The normalized spacial score (nSPS) is 11.5. The molecule has 0 radical (unpaired) electrons. The van der Waals surface area contributed by atoms with Crippen molar-refractivity contribution >= 4 is 42.5 Å². The lowest BCUT2D eigenvalue weighted by Crippen LogP contribution is -1.97. The molecule has 3 aromatic heterocycles. The van der Waals surface area contributed by atoms with Crippen molar-refractivity contribution in [2.24, 2.45) is 0 Å². The molecular formula is C41H26N4S. The topological polar surface area (TPSA) is 43.6 Å². The van der Waals surface area contributed by atoms with Gasteiger partial charge >= 0.3 is 0 Å². The quantitative estimate of drug-likeness (QED) is 0.196. The van der Waals surface area contributed by atoms with Gasteiger partial charge < -0.3 is 0 Å². The predicted molar refractivity (Wildman–Crippen MR) is 191 cm³/mol. The predicted octanol–water partition coefficient (Wildman–Crippen LogP) is 10.9. The molecule has 0 aliphatic rings. The van der Waals surface area contributed by atoms with Crippen LogP contribution in [0.3, 0.4) is 0 Å². The minimum absolute atomic E-state index is 0.714. The van der Waals surface area contributed by atoms with Gasteiger partial charge in [0.25, 0.3) is 0 Å². The zero-order chi connectivity index (χ0) is 30.5. The van der Waals surface area contributed by atoms with Gasteiger partial charge in [0.05, 0.1) is 22.4 Å². The van der Waals surface area contributed by atoms with Crippen LogP contribution in [0.25, 0.3) is 82.2 Å². The summed E-state index contributed by atoms with van der Waals surface area (Å²) in [5.74, 6) is 1.65. The van der Waals surface area contributed by atoms with E-state index in [2.05, 4.69) is 138 Å². The SMILES string of the molecule is c1ccc(-c2cc(-c3cccc4sc5c(-c6nc7ccccc7n6-c6ccccc6)cccc5c34)nc(-c3ccccc3)n2)cc1. The molecule has 46 heavy (non-hydrogen) atoms. The van der Waals surface area contributed by atoms with Crippen LogP contribution in [0.2, 0.25) is 0 Å². The van der Waals surface area contributed by atoms with Crippen molar-refractivity contribution in [3.8, 4) is 51.0 Å². The van der Waals surface area contributed by atoms with Gasteiger partial charge in [-0.3, -0.25) is 4.57 Å². The van der Waals surface area contributed by atoms with Crippen molar-refractivity contribution in [1.29, 1.82) is 0 Å². The maximum atomic E-state index is 5.20. The second-order valence-electron chi connectivity index (χ2n) is 11.3. The molecule has 0 saturated heterocycles. The van der Waals surface area contributed by atoms with Crippen LogP contribution in [-0.4, -0.2) is 19.5 Å². The minimum Gasteiger partial charge on any atom is -0.292 e. The van der Waals surface area contributed by atoms with E-state index in [0.717, 1.165) is 56.2 Å². The average molecular weight is 607 g/mol. The van der Waals surface area contributed by atoms with Crippen LogP contribution >= 0.6 is 11.3 Å². The summed E-state index contributed by atoms with van der Waals surface area (Å²) in [6.07, 6.45) is 0. The zero-order valence-corrected chi connectivity index (χ0v) is 25.5. The smallest absolute Gasteiger partial charge is 0.160 e. The van der Waals surface area contributed by atoms with Crippen molar-refractivity contribution in [3.63, 3.8) is 0 Å². The Morgan fingerprint density at radius 1 is 0.500 bits per heavy atom. The third-order valence-corrected chi connectivity index (χ3v) is 9.65. The van der Waals surface area contributed by atoms with E-state index in [0.29, 0.717) is 5.82 Å². The monoisotopic (exact) mass is 606 g/mol. The highest BCUT2D eigenvalue weighted by molar-refractivity contribution is 7.26. The van der Waals surface area contributed by atoms with Crippen molar-refractivity contribution in [2.45, 2.75) is 0 Å². The minimum atomic E-state index is 0.714. The average Bonchev–Trinajstić information content (AvgIpc) is 3.72. The Kier molecular flexibility index (Phi) is 6.28. The number of thiophene rings is 1. The molecule has 6 aromatic carbocycles. The number of imidazole rings is 1. The molecule has 9 rings (SSSR count). The fourth-order valence-corrected chi connectivity index (χ4v) is 7.58. The van der Waals surface area contributed by atoms with Crippen LogP contribution in [0, 0.1) is 0 Å². The number of para-hydroxylation sites is 3. The Morgan fingerprint density at radius 2 is 1.15 bits per heavy atom. The molecule has 0 atom stereocenters. The summed E-state index contributed by atoms with van der Waals surface area (Å²) in [6, 6.07) is 54.7. The zero-order valence-electron chi connectivity index (χ0n) is 24.7. The molecule has 0 saturated carbocycles. The van der Waals surface area contributed by atoms with Gasteiger partial charge in [0.1, 0.15) is 5.82 Å². The summed E-state index contributed by atoms with van der Waals surface area (Å²) in [5, 5.41) is 2.39. The Balaban J connectivity index is 1.30. The Morgan fingerprint density at radius 3 is 1.96 bits per heavy atom. The highest BCUT2D eigenvalue weighted by atomic mass is 32.1. The molecule has 5 heteroatoms. The van der Waals surface area contributed by atoms with Crippen molar-refractivity contribution < 1.29 is 0 Å². The molecule has 9 aromatic rings. The lowest BCUT2D eigenvalue weighted by Gasteiger charge is -2.11. The van der Waals surface area contributed by atoms with Crippen LogP contribution in [0.5, 0.6) is 0 Å². The molecule has 216 valence electrons. The third kappa shape index (κ3) is 4.40. The maximum Gasteiger partial charge on any atom is 0.160 e. The molecule has 3 heterocycles. The molecule has 0 aliphatic carbocycles. The van der Waals surface area contributed by atoms with E-state index in [9.17, 15) is 0 Å². The number of hydrogen-bond acceptors (Lipinski definition) is 4. The van der Waals surface area contributed by atoms with Crippen molar-refractivity contribution in [3.05, 3.63) is 158 Å². The van der Waals surface area contributed by atoms with Gasteiger partial charge in [-0.25, -0.2) is 15.0 Å². The number of fused-ring (bicyclic) bond motifs is 4. The second kappa shape index (κ2) is 10.9. The number of aromatic nitrogens is 4. The molecule has 0 fully saturated rings. The first-order valence-corrected chi connectivity index (χ1v) is 16.1. The Labute approximate surface area is 269 Å². The summed E-state index contributed by atoms with van der Waals surface area (Å²) in [4.78, 5) is 15.4. The highest BCUT2D eigenvalue weighted by Crippen LogP contribution is 2.44. The summed E-state index contributed by atoms with van der Waals surface area (Å²) < 4.78 is 4.69. The van der Waals surface area contributed by atoms with Gasteiger partial charge in [0.2, 0.25) is 0 Å². The lowest BCUT2D eigenvalue weighted by atomic mass is 10.0. The molecule has 0 unspecified atom stereocenters. The number of nitrogens with zero attached hydrogens (tertiary/aromatic N) is 4. The van der Waals surface area contributed by atoms with Crippen LogP contribution in [0.1, 0.15) is 0 Å². The summed E-state index contributed by atoms with van der Waals surface area (Å²) >= 11 is 1.81. The Hall–Kier alpha value is -5.91. The van der Waals surface area contributed by atoms with Crippen LogP contribution in [-0.2, 0) is 0 Å². The molecule has 0 N–H and O–H groups in total. The first kappa shape index (κ1) is 26.5. The van der Waals surface area contributed by atoms with Gasteiger partial charge in [0, 0.05) is 48.1 Å². The molecule has 0 bridgehead atoms. The van der Waals surface area contributed by atoms with E-state index in [1.54, 1.807) is 0 Å². The molecule has 4 nitrogen and oxygen atoms in total. The van der Waals surface area contributed by atoms with E-state index in [1.807, 2.05) is 35.6 Å². The van der Waals surface area contributed by atoms with Crippen molar-refractivity contribution in [2.75, 3.05) is 0 Å². The molecular weight excluding hydrogens is 581 g/mol. The second-order valence-corrected chi connectivity index (χ2v) is 12.3. The van der Waals surface area contributed by atoms with Gasteiger partial charge in [0.15, 0.2) is 5.82 Å². The molecule has 0 amide bonds. The van der Waals surface area contributed by atoms with E-state index >= 15 is 0 Å². The summed E-state index contributed by atoms with van der Waals surface area (Å²) in [5.41, 5.74) is 9.22. The van der Waals surface area contributed by atoms with E-state index in [-0.39, 0.29) is 0 Å². The lowest BCUT2D eigenvalue weighted by molar-refractivity contribution is 1.11. The maximum absolute atomic E-state index is 5.20. The first-order valence-electron chi connectivity index (χ1n) is 15.3. The number of hydrogen-bond donors (Lipinski definition) is 0. The highest BCUT2D eigenvalue weighted by Gasteiger charge is 2.20. The fourth-order valence-electron chi connectivity index (χ4n) is 6.34. The van der Waals surface area contributed by atoms with Crippen LogP contribution in [0.15, 0.2) is 158 Å². The summed E-state index contributed by atoms with van der Waals surface area (Å²) in [6.45, 7) is 0. The third-order valence-electron chi connectivity index (χ3n) is 8.44. The van der Waals surface area contributed by atoms with Crippen LogP contribution < -0.4 is 0 Å². The standard InChI is InChI=1S/C41H26N4S/c1-4-14-27(15-5-1)34-26-35(43-40(42-34)28-16-6-2-7-17-28)30-20-13-25-37-38(30)31-21-12-22-32(39(31)46-37)41-44-33-23-10-11-24-36(33)45(41)29-18-8-3-9-19-29/h1-26H. The summed E-state index contributed by atoms with van der Waals surface area (Å²) in [7, 11) is 0. The molecule has 0 aliphatic heterocycles. The van der Waals surface area contributed by atoms with E-state index in [1.165, 1.54) is 20.2 Å². The fraction of sp³-hybridized carbons (Fsp3) is 0. The van der Waals surface area contributed by atoms with Crippen LogP contribution in [0.4, 0.5) is 0 Å².